The number of carbonyl (C=O) groups excluding carboxylic acids is 1. The largest absolute Gasteiger partial charge is 0.352 e. The first-order valence-corrected chi connectivity index (χ1v) is 13.5. The van der Waals surface area contributed by atoms with Crippen molar-refractivity contribution in [1.82, 2.24) is 20.1 Å². The number of carbonyl (C=O) groups is 1. The van der Waals surface area contributed by atoms with Crippen molar-refractivity contribution in [3.63, 3.8) is 0 Å². The molecule has 1 aliphatic rings. The summed E-state index contributed by atoms with van der Waals surface area (Å²) in [5.74, 6) is 0.973. The molecule has 0 aliphatic carbocycles. The van der Waals surface area contributed by atoms with Crippen molar-refractivity contribution in [3.05, 3.63) is 89.4 Å². The molecule has 3 heterocycles. The molecule has 0 spiro atoms. The molecule has 1 saturated heterocycles. The number of fused-ring (bicyclic) bond motifs is 1. The van der Waals surface area contributed by atoms with Crippen LogP contribution in [0.3, 0.4) is 0 Å². The summed E-state index contributed by atoms with van der Waals surface area (Å²) < 4.78 is 0. The minimum absolute atomic E-state index is 0.0280. The highest BCUT2D eigenvalue weighted by molar-refractivity contribution is 5.94. The lowest BCUT2D eigenvalue weighted by atomic mass is 10.0. The number of hydrogen-bond donors (Lipinski definition) is 1. The maximum atomic E-state index is 12.6. The van der Waals surface area contributed by atoms with Crippen LogP contribution in [0.2, 0.25) is 0 Å². The Balaban J connectivity index is 1.16. The third-order valence-corrected chi connectivity index (χ3v) is 7.45. The third-order valence-electron chi connectivity index (χ3n) is 7.45. The van der Waals surface area contributed by atoms with Crippen LogP contribution in [-0.2, 0) is 17.6 Å². The Kier molecular flexibility index (Phi) is 8.24. The molecule has 196 valence electrons. The Morgan fingerprint density at radius 3 is 2.34 bits per heavy atom. The summed E-state index contributed by atoms with van der Waals surface area (Å²) >= 11 is 0. The molecule has 38 heavy (non-hydrogen) atoms. The normalized spacial score (nSPS) is 14.1. The first-order valence-electron chi connectivity index (χ1n) is 13.5. The van der Waals surface area contributed by atoms with Gasteiger partial charge in [-0.3, -0.25) is 14.7 Å². The first-order chi connectivity index (χ1) is 18.6. The standard InChI is InChI=1S/C31H36N6O/c1-23-11-12-26(21-24(23)2)33-30(38)22-36-17-19-37(20-18-36)31-28-9-5-4-8-27(28)29(34-35-31)10-6-3-7-25-13-15-32-16-14-25/h4-5,8-9,11-16,21H,3,6-7,10,17-20,22H2,1-2H3,(H,33,38). The van der Waals surface area contributed by atoms with Gasteiger partial charge in [0.1, 0.15) is 0 Å². The summed E-state index contributed by atoms with van der Waals surface area (Å²) in [6.07, 6.45) is 7.87. The van der Waals surface area contributed by atoms with Crippen LogP contribution < -0.4 is 10.2 Å². The lowest BCUT2D eigenvalue weighted by Crippen LogP contribution is -2.49. The number of amides is 1. The SMILES string of the molecule is Cc1ccc(NC(=O)CN2CCN(c3nnc(CCCCc4ccncc4)c4ccccc34)CC2)cc1C. The number of anilines is 2. The van der Waals surface area contributed by atoms with Crippen LogP contribution in [0, 0.1) is 13.8 Å². The van der Waals surface area contributed by atoms with Crippen molar-refractivity contribution in [1.29, 1.82) is 0 Å². The van der Waals surface area contributed by atoms with Crippen molar-refractivity contribution in [2.75, 3.05) is 42.9 Å². The van der Waals surface area contributed by atoms with Crippen LogP contribution in [0.25, 0.3) is 10.8 Å². The molecule has 1 fully saturated rings. The van der Waals surface area contributed by atoms with Crippen LogP contribution in [0.15, 0.2) is 67.0 Å². The van der Waals surface area contributed by atoms with Crippen LogP contribution in [0.5, 0.6) is 0 Å². The second-order valence-corrected chi connectivity index (χ2v) is 10.2. The lowest BCUT2D eigenvalue weighted by Gasteiger charge is -2.35. The van der Waals surface area contributed by atoms with Gasteiger partial charge >= 0.3 is 0 Å². The molecule has 4 aromatic rings. The van der Waals surface area contributed by atoms with Crippen molar-refractivity contribution in [3.8, 4) is 0 Å². The highest BCUT2D eigenvalue weighted by atomic mass is 16.2. The molecular weight excluding hydrogens is 472 g/mol. The summed E-state index contributed by atoms with van der Waals surface area (Å²) in [6, 6.07) is 18.7. The predicted octanol–water partition coefficient (Wildman–Crippen LogP) is 4.97. The fourth-order valence-corrected chi connectivity index (χ4v) is 5.08. The van der Waals surface area contributed by atoms with Crippen LogP contribution in [-0.4, -0.2) is 58.7 Å². The average molecular weight is 509 g/mol. The number of rotatable bonds is 9. The van der Waals surface area contributed by atoms with Gasteiger partial charge in [0.2, 0.25) is 5.91 Å². The maximum absolute atomic E-state index is 12.6. The van der Waals surface area contributed by atoms with Gasteiger partial charge in [0.25, 0.3) is 0 Å². The van der Waals surface area contributed by atoms with Gasteiger partial charge in [0, 0.05) is 55.0 Å². The Labute approximate surface area is 224 Å². The monoisotopic (exact) mass is 508 g/mol. The zero-order valence-corrected chi connectivity index (χ0v) is 22.4. The Morgan fingerprint density at radius 2 is 1.58 bits per heavy atom. The molecule has 1 N–H and O–H groups in total. The van der Waals surface area contributed by atoms with E-state index in [0.29, 0.717) is 6.54 Å². The van der Waals surface area contributed by atoms with E-state index in [9.17, 15) is 4.79 Å². The molecule has 0 unspecified atom stereocenters. The van der Waals surface area contributed by atoms with Crippen LogP contribution in [0.1, 0.15) is 35.2 Å². The molecule has 2 aromatic carbocycles. The number of pyridine rings is 1. The van der Waals surface area contributed by atoms with E-state index in [4.69, 9.17) is 5.10 Å². The van der Waals surface area contributed by atoms with Crippen LogP contribution in [0.4, 0.5) is 11.5 Å². The summed E-state index contributed by atoms with van der Waals surface area (Å²) in [7, 11) is 0. The molecule has 5 rings (SSSR count). The topological polar surface area (TPSA) is 74.2 Å². The van der Waals surface area contributed by atoms with Gasteiger partial charge in [0.05, 0.1) is 12.2 Å². The van der Waals surface area contributed by atoms with E-state index >= 15 is 0 Å². The number of unbranched alkanes of at least 4 members (excludes halogenated alkanes) is 1. The molecular formula is C31H36N6O. The van der Waals surface area contributed by atoms with E-state index in [1.165, 1.54) is 22.1 Å². The average Bonchev–Trinajstić information content (AvgIpc) is 2.94. The lowest BCUT2D eigenvalue weighted by molar-refractivity contribution is -0.117. The summed E-state index contributed by atoms with van der Waals surface area (Å²) in [5, 5.41) is 14.8. The van der Waals surface area contributed by atoms with Gasteiger partial charge in [-0.15, -0.1) is 5.10 Å². The summed E-state index contributed by atoms with van der Waals surface area (Å²) in [6.45, 7) is 7.80. The molecule has 0 bridgehead atoms. The molecule has 0 saturated carbocycles. The Morgan fingerprint density at radius 1 is 0.842 bits per heavy atom. The number of aromatic nitrogens is 3. The van der Waals surface area contributed by atoms with Crippen molar-refractivity contribution < 1.29 is 4.79 Å². The second kappa shape index (κ2) is 12.1. The van der Waals surface area contributed by atoms with Gasteiger partial charge in [-0.2, -0.15) is 5.10 Å². The van der Waals surface area contributed by atoms with E-state index in [1.807, 2.05) is 30.6 Å². The van der Waals surface area contributed by atoms with E-state index < -0.39 is 0 Å². The minimum atomic E-state index is 0.0280. The molecule has 1 amide bonds. The molecule has 0 atom stereocenters. The Bertz CT molecular complexity index is 1380. The number of aryl methyl sites for hydroxylation is 4. The Hall–Kier alpha value is -3.84. The zero-order valence-electron chi connectivity index (χ0n) is 22.4. The fraction of sp³-hybridized carbons (Fsp3) is 0.355. The predicted molar refractivity (Wildman–Crippen MR) is 154 cm³/mol. The highest BCUT2D eigenvalue weighted by Crippen LogP contribution is 2.27. The fourth-order valence-electron chi connectivity index (χ4n) is 5.08. The minimum Gasteiger partial charge on any atom is -0.352 e. The van der Waals surface area contributed by atoms with Gasteiger partial charge in [-0.05, 0) is 80.5 Å². The third kappa shape index (κ3) is 6.34. The van der Waals surface area contributed by atoms with Crippen LogP contribution >= 0.6 is 0 Å². The number of hydrogen-bond acceptors (Lipinski definition) is 6. The van der Waals surface area contributed by atoms with Gasteiger partial charge < -0.3 is 10.2 Å². The van der Waals surface area contributed by atoms with Crippen molar-refractivity contribution in [2.45, 2.75) is 39.5 Å². The molecule has 2 aromatic heterocycles. The summed E-state index contributed by atoms with van der Waals surface area (Å²) in [5.41, 5.74) is 5.66. The quantitative estimate of drug-likeness (QED) is 0.322. The number of nitrogens with zero attached hydrogens (tertiary/aromatic N) is 5. The van der Waals surface area contributed by atoms with E-state index in [2.05, 4.69) is 75.4 Å². The molecule has 0 radical (unpaired) electrons. The van der Waals surface area contributed by atoms with Crippen molar-refractivity contribution in [2.24, 2.45) is 0 Å². The molecule has 7 heteroatoms. The smallest absolute Gasteiger partial charge is 0.238 e. The van der Waals surface area contributed by atoms with E-state index in [-0.39, 0.29) is 5.91 Å². The maximum Gasteiger partial charge on any atom is 0.238 e. The van der Waals surface area contributed by atoms with Gasteiger partial charge in [-0.25, -0.2) is 0 Å². The first kappa shape index (κ1) is 25.8. The highest BCUT2D eigenvalue weighted by Gasteiger charge is 2.22. The van der Waals surface area contributed by atoms with Crippen molar-refractivity contribution >= 4 is 28.2 Å². The summed E-state index contributed by atoms with van der Waals surface area (Å²) in [4.78, 5) is 21.2. The second-order valence-electron chi connectivity index (χ2n) is 10.2. The van der Waals surface area contributed by atoms with Gasteiger partial charge in [-0.1, -0.05) is 30.3 Å². The number of nitrogens with one attached hydrogen (secondary N) is 1. The number of piperazine rings is 1. The molecule has 7 nitrogen and oxygen atoms in total. The number of benzene rings is 2. The van der Waals surface area contributed by atoms with E-state index in [1.54, 1.807) is 0 Å². The van der Waals surface area contributed by atoms with Gasteiger partial charge in [0.15, 0.2) is 5.82 Å². The molecule has 1 aliphatic heterocycles. The zero-order chi connectivity index (χ0) is 26.3. The van der Waals surface area contributed by atoms with E-state index in [0.717, 1.165) is 74.4 Å².